The van der Waals surface area contributed by atoms with E-state index in [1.807, 2.05) is 60.5 Å². The Kier molecular flexibility index (Phi) is 8.94. The summed E-state index contributed by atoms with van der Waals surface area (Å²) in [4.78, 5) is 6.13. The number of nitrogens with zero attached hydrogens (tertiary/aromatic N) is 2. The van der Waals surface area contributed by atoms with Crippen LogP contribution >= 0.6 is 0 Å². The van der Waals surface area contributed by atoms with Crippen LogP contribution in [0.3, 0.4) is 0 Å². The molecule has 0 amide bonds. The first kappa shape index (κ1) is 23.5. The van der Waals surface area contributed by atoms with Gasteiger partial charge in [0.25, 0.3) is 0 Å². The largest absolute Gasteiger partial charge is 0.497 e. The van der Waals surface area contributed by atoms with E-state index in [4.69, 9.17) is 9.47 Å². The van der Waals surface area contributed by atoms with Gasteiger partial charge in [0.2, 0.25) is 10.0 Å². The van der Waals surface area contributed by atoms with Crippen LogP contribution in [0.5, 0.6) is 11.5 Å². The number of hydrogen-bond acceptors (Lipinski definition) is 5. The minimum absolute atomic E-state index is 0.0570. The quantitative estimate of drug-likeness (QED) is 0.438. The van der Waals surface area contributed by atoms with Gasteiger partial charge in [-0.2, -0.15) is 0 Å². The molecule has 0 fully saturated rings. The van der Waals surface area contributed by atoms with E-state index < -0.39 is 10.0 Å². The second-order valence-corrected chi connectivity index (χ2v) is 8.56. The van der Waals surface area contributed by atoms with Gasteiger partial charge in [0, 0.05) is 45.4 Å². The van der Waals surface area contributed by atoms with Crippen LogP contribution in [0, 0.1) is 0 Å². The van der Waals surface area contributed by atoms with Crippen LogP contribution in [0.2, 0.25) is 0 Å². The molecule has 0 bridgehead atoms. The Bertz CT molecular complexity index is 933. The normalized spacial score (nSPS) is 11.8. The molecule has 164 valence electrons. The van der Waals surface area contributed by atoms with Crippen molar-refractivity contribution < 1.29 is 17.9 Å². The standard InChI is InChI=1S/C21H30N4O4S/c1-22-21(25(2)16-18-10-11-19(28-3)14-20(18)29-4)23-12-13-30(26,27)24-15-17-8-6-5-7-9-17/h5-11,14,24H,12-13,15-16H2,1-4H3,(H,22,23). The van der Waals surface area contributed by atoms with Gasteiger partial charge in [0.1, 0.15) is 11.5 Å². The second kappa shape index (κ2) is 11.4. The fourth-order valence-corrected chi connectivity index (χ4v) is 3.76. The van der Waals surface area contributed by atoms with Crippen molar-refractivity contribution in [2.24, 2.45) is 4.99 Å². The SMILES string of the molecule is CN=C(NCCS(=O)(=O)NCc1ccccc1)N(C)Cc1ccc(OC)cc1OC. The minimum Gasteiger partial charge on any atom is -0.497 e. The molecule has 30 heavy (non-hydrogen) atoms. The maximum absolute atomic E-state index is 12.2. The lowest BCUT2D eigenvalue weighted by Crippen LogP contribution is -2.41. The topological polar surface area (TPSA) is 92.3 Å². The van der Waals surface area contributed by atoms with Gasteiger partial charge in [0.15, 0.2) is 5.96 Å². The summed E-state index contributed by atoms with van der Waals surface area (Å²) in [5.41, 5.74) is 1.87. The summed E-state index contributed by atoms with van der Waals surface area (Å²) in [5, 5.41) is 3.10. The molecule has 0 heterocycles. The average Bonchev–Trinajstić information content (AvgIpc) is 2.76. The molecule has 0 aliphatic carbocycles. The third-order valence-electron chi connectivity index (χ3n) is 4.47. The van der Waals surface area contributed by atoms with E-state index in [1.165, 1.54) is 0 Å². The molecule has 2 rings (SSSR count). The maximum Gasteiger partial charge on any atom is 0.213 e. The van der Waals surface area contributed by atoms with Crippen molar-refractivity contribution in [2.75, 3.05) is 40.6 Å². The zero-order chi connectivity index (χ0) is 22.0. The van der Waals surface area contributed by atoms with E-state index in [0.717, 1.165) is 11.1 Å². The molecule has 0 spiro atoms. The summed E-state index contributed by atoms with van der Waals surface area (Å²) in [5.74, 6) is 1.96. The van der Waals surface area contributed by atoms with E-state index in [-0.39, 0.29) is 18.8 Å². The molecule has 0 saturated heterocycles. The highest BCUT2D eigenvalue weighted by Gasteiger charge is 2.14. The Morgan fingerprint density at radius 3 is 2.47 bits per heavy atom. The summed E-state index contributed by atoms with van der Waals surface area (Å²) in [6.45, 7) is 1.04. The van der Waals surface area contributed by atoms with Crippen molar-refractivity contribution in [1.82, 2.24) is 14.9 Å². The summed E-state index contributed by atoms with van der Waals surface area (Å²) in [7, 11) is 3.34. The molecule has 2 aromatic carbocycles. The van der Waals surface area contributed by atoms with E-state index in [1.54, 1.807) is 21.3 Å². The number of ether oxygens (including phenoxy) is 2. The van der Waals surface area contributed by atoms with Crippen molar-refractivity contribution in [3.05, 3.63) is 59.7 Å². The van der Waals surface area contributed by atoms with Crippen LogP contribution in [0.15, 0.2) is 53.5 Å². The van der Waals surface area contributed by atoms with Crippen LogP contribution < -0.4 is 19.5 Å². The molecular weight excluding hydrogens is 404 g/mol. The highest BCUT2D eigenvalue weighted by atomic mass is 32.2. The molecular formula is C21H30N4O4S. The van der Waals surface area contributed by atoms with Crippen molar-refractivity contribution in [2.45, 2.75) is 13.1 Å². The molecule has 0 unspecified atom stereocenters. The van der Waals surface area contributed by atoms with Gasteiger partial charge < -0.3 is 19.7 Å². The summed E-state index contributed by atoms with van der Waals surface area (Å²) in [6, 6.07) is 15.0. The van der Waals surface area contributed by atoms with Crippen LogP contribution in [-0.2, 0) is 23.1 Å². The van der Waals surface area contributed by atoms with E-state index in [2.05, 4.69) is 15.0 Å². The number of aliphatic imine (C=N–C) groups is 1. The first-order valence-electron chi connectivity index (χ1n) is 9.52. The number of rotatable bonds is 10. The van der Waals surface area contributed by atoms with E-state index in [0.29, 0.717) is 24.0 Å². The summed E-state index contributed by atoms with van der Waals surface area (Å²) < 4.78 is 37.8. The first-order chi connectivity index (χ1) is 14.4. The van der Waals surface area contributed by atoms with Gasteiger partial charge in [-0.3, -0.25) is 4.99 Å². The molecule has 2 N–H and O–H groups in total. The number of benzene rings is 2. The number of nitrogens with one attached hydrogen (secondary N) is 2. The van der Waals surface area contributed by atoms with Gasteiger partial charge in [-0.1, -0.05) is 30.3 Å². The molecule has 0 saturated carbocycles. The molecule has 2 aromatic rings. The smallest absolute Gasteiger partial charge is 0.213 e. The zero-order valence-corrected chi connectivity index (χ0v) is 18.7. The first-order valence-corrected chi connectivity index (χ1v) is 11.2. The zero-order valence-electron chi connectivity index (χ0n) is 17.9. The molecule has 0 atom stereocenters. The van der Waals surface area contributed by atoms with Crippen LogP contribution in [0.25, 0.3) is 0 Å². The van der Waals surface area contributed by atoms with Crippen LogP contribution in [0.4, 0.5) is 0 Å². The predicted molar refractivity (Wildman–Crippen MR) is 119 cm³/mol. The summed E-state index contributed by atoms with van der Waals surface area (Å²) >= 11 is 0. The van der Waals surface area contributed by atoms with E-state index in [9.17, 15) is 8.42 Å². The lowest BCUT2D eigenvalue weighted by Gasteiger charge is -2.23. The molecule has 0 aliphatic rings. The van der Waals surface area contributed by atoms with Crippen molar-refractivity contribution in [3.63, 3.8) is 0 Å². The van der Waals surface area contributed by atoms with Crippen LogP contribution in [-0.4, -0.2) is 59.9 Å². The monoisotopic (exact) mass is 434 g/mol. The third kappa shape index (κ3) is 7.23. The molecule has 0 aromatic heterocycles. The fourth-order valence-electron chi connectivity index (χ4n) is 2.86. The van der Waals surface area contributed by atoms with Crippen molar-refractivity contribution >= 4 is 16.0 Å². The predicted octanol–water partition coefficient (Wildman–Crippen LogP) is 1.83. The Balaban J connectivity index is 1.87. The summed E-state index contributed by atoms with van der Waals surface area (Å²) in [6.07, 6.45) is 0. The molecule has 9 heteroatoms. The Morgan fingerprint density at radius 1 is 1.10 bits per heavy atom. The Morgan fingerprint density at radius 2 is 1.83 bits per heavy atom. The highest BCUT2D eigenvalue weighted by Crippen LogP contribution is 2.25. The van der Waals surface area contributed by atoms with Gasteiger partial charge in [0.05, 0.1) is 20.0 Å². The number of sulfonamides is 1. The van der Waals surface area contributed by atoms with Crippen molar-refractivity contribution in [3.8, 4) is 11.5 Å². The maximum atomic E-state index is 12.2. The molecule has 0 aliphatic heterocycles. The lowest BCUT2D eigenvalue weighted by atomic mass is 10.2. The van der Waals surface area contributed by atoms with Crippen molar-refractivity contribution in [1.29, 1.82) is 0 Å². The number of hydrogen-bond donors (Lipinski definition) is 2. The van der Waals surface area contributed by atoms with Crippen LogP contribution in [0.1, 0.15) is 11.1 Å². The highest BCUT2D eigenvalue weighted by molar-refractivity contribution is 7.89. The second-order valence-electron chi connectivity index (χ2n) is 6.63. The third-order valence-corrected chi connectivity index (χ3v) is 5.79. The van der Waals surface area contributed by atoms with E-state index >= 15 is 0 Å². The lowest BCUT2D eigenvalue weighted by molar-refractivity contribution is 0.382. The fraction of sp³-hybridized carbons (Fsp3) is 0.381. The van der Waals surface area contributed by atoms with Gasteiger partial charge in [-0.05, 0) is 17.7 Å². The minimum atomic E-state index is -3.41. The Labute approximate surface area is 179 Å². The van der Waals surface area contributed by atoms with Gasteiger partial charge >= 0.3 is 0 Å². The van der Waals surface area contributed by atoms with Gasteiger partial charge in [-0.15, -0.1) is 0 Å². The van der Waals surface area contributed by atoms with Gasteiger partial charge in [-0.25, -0.2) is 13.1 Å². The average molecular weight is 435 g/mol. The molecule has 8 nitrogen and oxygen atoms in total. The Hall–Kier alpha value is -2.78. The number of guanidine groups is 1. The molecule has 0 radical (unpaired) electrons. The number of methoxy groups -OCH3 is 2.